The number of hydrogen-bond donors (Lipinski definition) is 0. The zero-order valence-electron chi connectivity index (χ0n) is 11.2. The third-order valence-electron chi connectivity index (χ3n) is 2.97. The van der Waals surface area contributed by atoms with Gasteiger partial charge in [-0.15, -0.1) is 0 Å². The van der Waals surface area contributed by atoms with Crippen molar-refractivity contribution in [3.63, 3.8) is 0 Å². The Labute approximate surface area is 118 Å². The number of rotatable bonds is 5. The average Bonchev–Trinajstić information content (AvgIpc) is 2.62. The maximum atomic E-state index is 5.79. The van der Waals surface area contributed by atoms with E-state index >= 15 is 0 Å². The summed E-state index contributed by atoms with van der Waals surface area (Å²) in [5.41, 5.74) is 1.22. The molecule has 0 amide bonds. The molecule has 0 bridgehead atoms. The molecule has 2 aromatic rings. The predicted molar refractivity (Wildman–Crippen MR) is 83.7 cm³/mol. The minimum Gasteiger partial charge on any atom is -0.361 e. The number of halogens is 1. The first kappa shape index (κ1) is 13.8. The normalized spacial score (nSPS) is 12.2. The van der Waals surface area contributed by atoms with Crippen molar-refractivity contribution in [2.75, 3.05) is 6.61 Å². The van der Waals surface area contributed by atoms with Crippen LogP contribution in [-0.4, -0.2) is 19.2 Å². The van der Waals surface area contributed by atoms with Crippen LogP contribution in [-0.2, 0) is 11.5 Å². The average molecular weight is 326 g/mol. The summed E-state index contributed by atoms with van der Waals surface area (Å²) in [6, 6.07) is 9.59. The van der Waals surface area contributed by atoms with Crippen LogP contribution in [0, 0.1) is 0 Å². The Hall–Kier alpha value is -0.583. The van der Waals surface area contributed by atoms with Gasteiger partial charge in [0, 0.05) is 30.7 Å². The molecule has 0 aliphatic carbocycles. The van der Waals surface area contributed by atoms with Crippen molar-refractivity contribution in [3.8, 4) is 0 Å². The van der Waals surface area contributed by atoms with Crippen molar-refractivity contribution in [2.24, 2.45) is 0 Å². The number of ether oxygens (including phenoxy) is 1. The molecule has 0 fully saturated rings. The summed E-state index contributed by atoms with van der Waals surface area (Å²) < 4.78 is 9.08. The molecule has 4 heteroatoms. The number of para-hydroxylation sites is 1. The van der Waals surface area contributed by atoms with E-state index in [1.54, 1.807) is 0 Å². The van der Waals surface area contributed by atoms with E-state index in [0.717, 1.165) is 11.1 Å². The van der Waals surface area contributed by atoms with E-state index in [4.69, 9.17) is 4.74 Å². The minimum absolute atomic E-state index is 0.636. The largest absolute Gasteiger partial charge is 0.361 e. The molecule has 0 radical (unpaired) electrons. The van der Waals surface area contributed by atoms with Gasteiger partial charge in [-0.2, -0.15) is 0 Å². The van der Waals surface area contributed by atoms with Crippen LogP contribution >= 0.6 is 15.9 Å². The van der Waals surface area contributed by atoms with Crippen LogP contribution in [0.5, 0.6) is 0 Å². The van der Waals surface area contributed by atoms with Crippen molar-refractivity contribution in [1.29, 1.82) is 0 Å². The Morgan fingerprint density at radius 1 is 1.22 bits per heavy atom. The lowest BCUT2D eigenvalue weighted by Crippen LogP contribution is -2.21. The van der Waals surface area contributed by atoms with Gasteiger partial charge in [-0.25, -0.2) is 0 Å². The van der Waals surface area contributed by atoms with Gasteiger partial charge in [0.25, 0.3) is 0 Å². The van der Waals surface area contributed by atoms with E-state index in [2.05, 4.69) is 70.6 Å². The van der Waals surface area contributed by atoms with Gasteiger partial charge in [-0.3, -0.25) is 0 Å². The van der Waals surface area contributed by atoms with Crippen LogP contribution in [0.3, 0.4) is 0 Å². The number of nitrogens with zero attached hydrogens (tertiary/aromatic N) is 1. The number of aromatic nitrogens is 1. The van der Waals surface area contributed by atoms with Crippen molar-refractivity contribution in [3.05, 3.63) is 34.9 Å². The predicted octanol–water partition coefficient (Wildman–Crippen LogP) is 4.72. The molecule has 0 N–H and O–H groups in total. The molecule has 0 saturated carbocycles. The highest BCUT2D eigenvalue weighted by Gasteiger charge is 2.12. The van der Waals surface area contributed by atoms with E-state index < -0.39 is 8.07 Å². The summed E-state index contributed by atoms with van der Waals surface area (Å²) in [7, 11) is -0.987. The first-order valence-corrected chi connectivity index (χ1v) is 10.8. The first-order valence-electron chi connectivity index (χ1n) is 6.28. The Balaban J connectivity index is 2.00. The number of fused-ring (bicyclic) bond motifs is 1. The maximum absolute atomic E-state index is 5.79. The lowest BCUT2D eigenvalue weighted by Gasteiger charge is -2.15. The summed E-state index contributed by atoms with van der Waals surface area (Å²) in [6.07, 6.45) is 2.10. The molecule has 1 heterocycles. The summed E-state index contributed by atoms with van der Waals surface area (Å²) in [6.45, 7) is 8.62. The van der Waals surface area contributed by atoms with Crippen molar-refractivity contribution in [1.82, 2.24) is 4.57 Å². The third-order valence-corrected chi connectivity index (χ3v) is 5.30. The van der Waals surface area contributed by atoms with Crippen molar-refractivity contribution in [2.45, 2.75) is 32.4 Å². The fourth-order valence-electron chi connectivity index (χ4n) is 1.85. The second kappa shape index (κ2) is 5.59. The first-order chi connectivity index (χ1) is 8.47. The Morgan fingerprint density at radius 3 is 2.67 bits per heavy atom. The lowest BCUT2D eigenvalue weighted by molar-refractivity contribution is 0.0902. The minimum atomic E-state index is -0.987. The van der Waals surface area contributed by atoms with Gasteiger partial charge < -0.3 is 9.30 Å². The third kappa shape index (κ3) is 3.46. The van der Waals surface area contributed by atoms with Gasteiger partial charge >= 0.3 is 0 Å². The second-order valence-electron chi connectivity index (χ2n) is 5.81. The highest BCUT2D eigenvalue weighted by atomic mass is 79.9. The Bertz CT molecular complexity index is 530. The van der Waals surface area contributed by atoms with Crippen LogP contribution in [0.1, 0.15) is 0 Å². The summed E-state index contributed by atoms with van der Waals surface area (Å²) in [4.78, 5) is 0. The molecule has 2 nitrogen and oxygen atoms in total. The van der Waals surface area contributed by atoms with Crippen LogP contribution in [0.25, 0.3) is 10.9 Å². The SMILES string of the molecule is C[Si](C)(C)CCOCn1cc(Br)c2ccccc21. The molecule has 18 heavy (non-hydrogen) atoms. The van der Waals surface area contributed by atoms with Crippen LogP contribution in [0.15, 0.2) is 34.9 Å². The van der Waals surface area contributed by atoms with Crippen LogP contribution in [0.2, 0.25) is 25.7 Å². The van der Waals surface area contributed by atoms with Gasteiger partial charge in [0.2, 0.25) is 0 Å². The Morgan fingerprint density at radius 2 is 1.94 bits per heavy atom. The van der Waals surface area contributed by atoms with Gasteiger partial charge in [-0.1, -0.05) is 37.8 Å². The molecular formula is C14H20BrNOSi. The standard InChI is InChI=1S/C14H20BrNOSi/c1-18(2,3)9-8-17-11-16-10-13(15)12-6-4-5-7-14(12)16/h4-7,10H,8-9,11H2,1-3H3. The molecule has 1 aromatic carbocycles. The molecule has 0 saturated heterocycles. The zero-order chi connectivity index (χ0) is 13.2. The van der Waals surface area contributed by atoms with E-state index in [-0.39, 0.29) is 0 Å². The molecule has 0 unspecified atom stereocenters. The molecule has 0 aliphatic heterocycles. The van der Waals surface area contributed by atoms with E-state index in [0.29, 0.717) is 6.73 Å². The second-order valence-corrected chi connectivity index (χ2v) is 12.3. The quantitative estimate of drug-likeness (QED) is 0.573. The van der Waals surface area contributed by atoms with Gasteiger partial charge in [0.15, 0.2) is 0 Å². The summed E-state index contributed by atoms with van der Waals surface area (Å²) in [5.74, 6) is 0. The van der Waals surface area contributed by atoms with Crippen LogP contribution < -0.4 is 0 Å². The number of benzene rings is 1. The fourth-order valence-corrected chi connectivity index (χ4v) is 3.19. The summed E-state index contributed by atoms with van der Waals surface area (Å²) in [5, 5.41) is 1.24. The highest BCUT2D eigenvalue weighted by molar-refractivity contribution is 9.10. The Kier molecular flexibility index (Phi) is 4.30. The van der Waals surface area contributed by atoms with Gasteiger partial charge in [0.05, 0.1) is 5.52 Å². The fraction of sp³-hybridized carbons (Fsp3) is 0.429. The van der Waals surface area contributed by atoms with E-state index in [9.17, 15) is 0 Å². The molecule has 98 valence electrons. The van der Waals surface area contributed by atoms with E-state index in [1.165, 1.54) is 16.9 Å². The number of hydrogen-bond acceptors (Lipinski definition) is 1. The van der Waals surface area contributed by atoms with Crippen LogP contribution in [0.4, 0.5) is 0 Å². The van der Waals surface area contributed by atoms with Crippen molar-refractivity contribution < 1.29 is 4.74 Å². The van der Waals surface area contributed by atoms with Gasteiger partial charge in [-0.05, 0) is 28.0 Å². The lowest BCUT2D eigenvalue weighted by atomic mass is 10.2. The van der Waals surface area contributed by atoms with Crippen molar-refractivity contribution >= 4 is 34.9 Å². The van der Waals surface area contributed by atoms with Gasteiger partial charge in [0.1, 0.15) is 6.73 Å². The van der Waals surface area contributed by atoms with E-state index in [1.807, 2.05) is 0 Å². The molecule has 0 spiro atoms. The molecule has 0 atom stereocenters. The zero-order valence-corrected chi connectivity index (χ0v) is 13.8. The topological polar surface area (TPSA) is 14.2 Å². The monoisotopic (exact) mass is 325 g/mol. The molecule has 1 aromatic heterocycles. The smallest absolute Gasteiger partial charge is 0.122 e. The highest BCUT2D eigenvalue weighted by Crippen LogP contribution is 2.25. The maximum Gasteiger partial charge on any atom is 0.122 e. The molecule has 0 aliphatic rings. The molecular weight excluding hydrogens is 306 g/mol. The molecule has 2 rings (SSSR count). The summed E-state index contributed by atoms with van der Waals surface area (Å²) >= 11 is 3.59.